The number of nitrogens with zero attached hydrogens (tertiary/aromatic N) is 2. The van der Waals surface area contributed by atoms with E-state index in [4.69, 9.17) is 14.2 Å². The lowest BCUT2D eigenvalue weighted by atomic mass is 9.96. The van der Waals surface area contributed by atoms with Crippen LogP contribution in [0.1, 0.15) is 33.0 Å². The number of ether oxygens (including phenoxy) is 3. The van der Waals surface area contributed by atoms with Crippen molar-refractivity contribution in [2.24, 2.45) is 0 Å². The Hall–Kier alpha value is -0.720. The Morgan fingerprint density at radius 3 is 2.50 bits per heavy atom. The van der Waals surface area contributed by atoms with Gasteiger partial charge >= 0.3 is 0 Å². The van der Waals surface area contributed by atoms with Crippen LogP contribution in [0.4, 0.5) is 0 Å². The Morgan fingerprint density at radius 2 is 1.85 bits per heavy atom. The largest absolute Gasteiger partial charge is 0.475 e. The molecule has 0 spiro atoms. The number of halogens is 1. The fourth-order valence-electron chi connectivity index (χ4n) is 1.42. The molecule has 0 aliphatic rings. The molecule has 6 heteroatoms. The van der Waals surface area contributed by atoms with Crippen LogP contribution >= 0.6 is 15.9 Å². The molecule has 0 N–H and O–H groups in total. The maximum absolute atomic E-state index is 5.59. The predicted molar refractivity (Wildman–Crippen MR) is 81.2 cm³/mol. The van der Waals surface area contributed by atoms with Gasteiger partial charge in [0.15, 0.2) is 0 Å². The molecular weight excluding hydrogens is 324 g/mol. The lowest BCUT2D eigenvalue weighted by Gasteiger charge is -2.17. The second-order valence-corrected chi connectivity index (χ2v) is 6.22. The summed E-state index contributed by atoms with van der Waals surface area (Å²) in [6.07, 6.45) is 0.893. The van der Waals surface area contributed by atoms with E-state index < -0.39 is 0 Å². The van der Waals surface area contributed by atoms with Crippen LogP contribution < -0.4 is 4.74 Å². The molecule has 20 heavy (non-hydrogen) atoms. The summed E-state index contributed by atoms with van der Waals surface area (Å²) in [4.78, 5) is 8.78. The average Bonchev–Trinajstić information content (AvgIpc) is 2.36. The summed E-state index contributed by atoms with van der Waals surface area (Å²) in [6, 6.07) is 1.76. The molecule has 0 atom stereocenters. The van der Waals surface area contributed by atoms with Gasteiger partial charge in [0.25, 0.3) is 0 Å². The summed E-state index contributed by atoms with van der Waals surface area (Å²) in [5, 5.41) is 0. The first kappa shape index (κ1) is 17.3. The Kier molecular flexibility index (Phi) is 7.40. The molecule has 0 aliphatic heterocycles. The van der Waals surface area contributed by atoms with Gasteiger partial charge in [0, 0.05) is 31.8 Å². The quantitative estimate of drug-likeness (QED) is 0.535. The highest BCUT2D eigenvalue weighted by atomic mass is 79.9. The minimum atomic E-state index is -0.113. The molecule has 1 heterocycles. The minimum absolute atomic E-state index is 0.113. The van der Waals surface area contributed by atoms with Crippen molar-refractivity contribution in [2.75, 3.05) is 33.5 Å². The third-order valence-corrected chi connectivity index (χ3v) is 2.86. The average molecular weight is 347 g/mol. The number of hydrogen-bond acceptors (Lipinski definition) is 5. The Morgan fingerprint density at radius 1 is 1.10 bits per heavy atom. The molecule has 0 unspecified atom stereocenters. The zero-order chi connectivity index (χ0) is 15.0. The first-order valence-electron chi connectivity index (χ1n) is 6.68. The van der Waals surface area contributed by atoms with Crippen LogP contribution in [0.3, 0.4) is 0 Å². The molecule has 0 radical (unpaired) electrons. The molecule has 1 aromatic heterocycles. The molecule has 1 aromatic rings. The van der Waals surface area contributed by atoms with E-state index in [2.05, 4.69) is 46.7 Å². The summed E-state index contributed by atoms with van der Waals surface area (Å²) < 4.78 is 16.7. The molecule has 0 bridgehead atoms. The van der Waals surface area contributed by atoms with Crippen molar-refractivity contribution < 1.29 is 14.2 Å². The monoisotopic (exact) mass is 346 g/mol. The third-order valence-electron chi connectivity index (χ3n) is 2.46. The van der Waals surface area contributed by atoms with Gasteiger partial charge in [0.05, 0.1) is 6.61 Å². The maximum Gasteiger partial charge on any atom is 0.217 e. The lowest BCUT2D eigenvalue weighted by Crippen LogP contribution is -2.17. The number of aromatic nitrogens is 2. The normalized spacial score (nSPS) is 11.7. The molecular formula is C14H23BrN2O3. The zero-order valence-electron chi connectivity index (χ0n) is 12.6. The van der Waals surface area contributed by atoms with E-state index in [0.29, 0.717) is 32.3 Å². The van der Waals surface area contributed by atoms with E-state index in [1.54, 1.807) is 13.2 Å². The molecule has 0 amide bonds. The standard InChI is InChI=1S/C14H23BrN2O3/c1-14(2,3)13-16-11(15)10-12(17-13)20-9-8-19-7-5-6-18-4/h10H,5-9H2,1-4H3. The van der Waals surface area contributed by atoms with Gasteiger partial charge in [-0.1, -0.05) is 20.8 Å². The summed E-state index contributed by atoms with van der Waals surface area (Å²) in [7, 11) is 1.68. The number of hydrogen-bond donors (Lipinski definition) is 0. The van der Waals surface area contributed by atoms with Crippen LogP contribution in [0.5, 0.6) is 5.88 Å². The summed E-state index contributed by atoms with van der Waals surface area (Å²) >= 11 is 3.38. The molecule has 1 rings (SSSR count). The van der Waals surface area contributed by atoms with Crippen molar-refractivity contribution in [3.63, 3.8) is 0 Å². The second kappa shape index (κ2) is 8.54. The zero-order valence-corrected chi connectivity index (χ0v) is 14.2. The van der Waals surface area contributed by atoms with Crippen molar-refractivity contribution in [1.82, 2.24) is 9.97 Å². The van der Waals surface area contributed by atoms with Gasteiger partial charge in [0.1, 0.15) is 17.0 Å². The minimum Gasteiger partial charge on any atom is -0.475 e. The van der Waals surface area contributed by atoms with Crippen molar-refractivity contribution in [3.05, 3.63) is 16.5 Å². The van der Waals surface area contributed by atoms with E-state index in [1.807, 2.05) is 0 Å². The van der Waals surface area contributed by atoms with Gasteiger partial charge in [-0.3, -0.25) is 0 Å². The Labute approximate surface area is 129 Å². The van der Waals surface area contributed by atoms with Crippen molar-refractivity contribution in [2.45, 2.75) is 32.6 Å². The SMILES string of the molecule is COCCCOCCOc1cc(Br)nc(C(C)(C)C)n1. The molecule has 0 aromatic carbocycles. The van der Waals surface area contributed by atoms with Gasteiger partial charge in [-0.15, -0.1) is 0 Å². The predicted octanol–water partition coefficient (Wildman–Crippen LogP) is 2.97. The van der Waals surface area contributed by atoms with Crippen molar-refractivity contribution in [1.29, 1.82) is 0 Å². The fraction of sp³-hybridized carbons (Fsp3) is 0.714. The van der Waals surface area contributed by atoms with Crippen LogP contribution in [0.2, 0.25) is 0 Å². The van der Waals surface area contributed by atoms with Crippen LogP contribution in [-0.4, -0.2) is 43.5 Å². The highest BCUT2D eigenvalue weighted by molar-refractivity contribution is 9.10. The topological polar surface area (TPSA) is 53.5 Å². The molecule has 0 aliphatic carbocycles. The van der Waals surface area contributed by atoms with Crippen molar-refractivity contribution >= 4 is 15.9 Å². The maximum atomic E-state index is 5.59. The van der Waals surface area contributed by atoms with Crippen LogP contribution in [-0.2, 0) is 14.9 Å². The highest BCUT2D eigenvalue weighted by Gasteiger charge is 2.19. The molecule has 0 fully saturated rings. The van der Waals surface area contributed by atoms with E-state index in [0.717, 1.165) is 16.8 Å². The fourth-order valence-corrected chi connectivity index (χ4v) is 1.78. The summed E-state index contributed by atoms with van der Waals surface area (Å²) in [5.74, 6) is 1.32. The van der Waals surface area contributed by atoms with Gasteiger partial charge in [0.2, 0.25) is 5.88 Å². The number of methoxy groups -OCH3 is 1. The van der Waals surface area contributed by atoms with E-state index in [-0.39, 0.29) is 5.41 Å². The molecule has 0 saturated heterocycles. The lowest BCUT2D eigenvalue weighted by molar-refractivity contribution is 0.0794. The highest BCUT2D eigenvalue weighted by Crippen LogP contribution is 2.23. The molecule has 114 valence electrons. The van der Waals surface area contributed by atoms with Gasteiger partial charge in [-0.05, 0) is 22.4 Å². The van der Waals surface area contributed by atoms with E-state index in [9.17, 15) is 0 Å². The first-order valence-corrected chi connectivity index (χ1v) is 7.47. The summed E-state index contributed by atoms with van der Waals surface area (Å²) in [6.45, 7) is 8.61. The Bertz CT molecular complexity index is 408. The van der Waals surface area contributed by atoms with Crippen LogP contribution in [0, 0.1) is 0 Å². The molecule has 5 nitrogen and oxygen atoms in total. The first-order chi connectivity index (χ1) is 9.43. The smallest absolute Gasteiger partial charge is 0.217 e. The number of rotatable bonds is 8. The summed E-state index contributed by atoms with van der Waals surface area (Å²) in [5.41, 5.74) is -0.113. The van der Waals surface area contributed by atoms with Crippen LogP contribution in [0.25, 0.3) is 0 Å². The van der Waals surface area contributed by atoms with E-state index >= 15 is 0 Å². The van der Waals surface area contributed by atoms with Gasteiger partial charge in [-0.2, -0.15) is 4.98 Å². The van der Waals surface area contributed by atoms with Gasteiger partial charge in [-0.25, -0.2) is 4.98 Å². The molecule has 0 saturated carbocycles. The van der Waals surface area contributed by atoms with Crippen molar-refractivity contribution in [3.8, 4) is 5.88 Å². The third kappa shape index (κ3) is 6.63. The Balaban J connectivity index is 2.39. The van der Waals surface area contributed by atoms with Crippen LogP contribution in [0.15, 0.2) is 10.7 Å². The van der Waals surface area contributed by atoms with Gasteiger partial charge < -0.3 is 14.2 Å². The second-order valence-electron chi connectivity index (χ2n) is 5.41. The van der Waals surface area contributed by atoms with E-state index in [1.165, 1.54) is 0 Å².